The van der Waals surface area contributed by atoms with Gasteiger partial charge in [0.25, 0.3) is 0 Å². The van der Waals surface area contributed by atoms with Crippen LogP contribution in [-0.4, -0.2) is 25.1 Å². The lowest BCUT2D eigenvalue weighted by Crippen LogP contribution is -2.34. The summed E-state index contributed by atoms with van der Waals surface area (Å²) in [7, 11) is 3.86. The maximum atomic E-state index is 8.95. The van der Waals surface area contributed by atoms with Crippen LogP contribution in [0.4, 0.5) is 0 Å². The Kier molecular flexibility index (Phi) is 5.45. The maximum Gasteiger partial charge on any atom is 0.133 e. The van der Waals surface area contributed by atoms with Crippen LogP contribution >= 0.6 is 15.9 Å². The van der Waals surface area contributed by atoms with Crippen molar-refractivity contribution in [3.05, 3.63) is 28.2 Å². The summed E-state index contributed by atoms with van der Waals surface area (Å²) in [6, 6.07) is 9.23. The van der Waals surface area contributed by atoms with Crippen molar-refractivity contribution in [3.63, 3.8) is 0 Å². The third-order valence-electron chi connectivity index (χ3n) is 4.15. The number of hydrogen-bond acceptors (Lipinski definition) is 3. The second kappa shape index (κ2) is 7.10. The van der Waals surface area contributed by atoms with Crippen molar-refractivity contribution in [2.75, 3.05) is 14.2 Å². The molecule has 0 radical (unpaired) electrons. The van der Waals surface area contributed by atoms with Crippen LogP contribution in [0.5, 0.6) is 5.75 Å². The average molecular weight is 337 g/mol. The van der Waals surface area contributed by atoms with Crippen LogP contribution in [0.3, 0.4) is 0 Å². The number of rotatable bonds is 4. The zero-order valence-electron chi connectivity index (χ0n) is 12.1. The van der Waals surface area contributed by atoms with Crippen LogP contribution in [0.2, 0.25) is 0 Å². The van der Waals surface area contributed by atoms with E-state index < -0.39 is 0 Å². The normalized spacial score (nSPS) is 22.6. The van der Waals surface area contributed by atoms with Crippen LogP contribution in [0.25, 0.3) is 0 Å². The Morgan fingerprint density at radius 2 is 2.05 bits per heavy atom. The quantitative estimate of drug-likeness (QED) is 0.834. The van der Waals surface area contributed by atoms with E-state index in [1.54, 1.807) is 7.11 Å². The molecule has 0 saturated heterocycles. The molecule has 0 spiro atoms. The molecule has 4 heteroatoms. The van der Waals surface area contributed by atoms with Crippen molar-refractivity contribution in [3.8, 4) is 11.8 Å². The predicted octanol–water partition coefficient (Wildman–Crippen LogP) is 3.97. The minimum Gasteiger partial charge on any atom is -0.496 e. The van der Waals surface area contributed by atoms with Crippen molar-refractivity contribution >= 4 is 15.9 Å². The van der Waals surface area contributed by atoms with Crippen LogP contribution in [0.1, 0.15) is 31.2 Å². The summed E-state index contributed by atoms with van der Waals surface area (Å²) in [4.78, 5) is 2.40. The van der Waals surface area contributed by atoms with E-state index >= 15 is 0 Å². The highest BCUT2D eigenvalue weighted by Gasteiger charge is 2.23. The summed E-state index contributed by atoms with van der Waals surface area (Å²) in [6.07, 6.45) is 4.34. The lowest BCUT2D eigenvalue weighted by Gasteiger charge is -2.32. The van der Waals surface area contributed by atoms with Gasteiger partial charge in [0, 0.05) is 18.5 Å². The Bertz CT molecular complexity index is 490. The molecule has 0 aliphatic heterocycles. The van der Waals surface area contributed by atoms with E-state index in [4.69, 9.17) is 10.00 Å². The first kappa shape index (κ1) is 15.3. The Morgan fingerprint density at radius 1 is 1.35 bits per heavy atom. The summed E-state index contributed by atoms with van der Waals surface area (Å²) in [5.74, 6) is 1.14. The number of hydrogen-bond donors (Lipinski definition) is 0. The summed E-state index contributed by atoms with van der Waals surface area (Å²) in [6.45, 7) is 0.935. The minimum absolute atomic E-state index is 0.273. The van der Waals surface area contributed by atoms with Gasteiger partial charge in [0.2, 0.25) is 0 Å². The van der Waals surface area contributed by atoms with Gasteiger partial charge in [0.1, 0.15) is 5.75 Å². The van der Waals surface area contributed by atoms with Gasteiger partial charge in [-0.05, 0) is 66.4 Å². The number of nitriles is 1. The second-order valence-electron chi connectivity index (χ2n) is 5.52. The largest absolute Gasteiger partial charge is 0.496 e. The van der Waals surface area contributed by atoms with Gasteiger partial charge in [-0.15, -0.1) is 0 Å². The molecular formula is C16H21BrN2O. The number of ether oxygens (including phenoxy) is 1. The molecule has 1 aromatic rings. The number of benzene rings is 1. The SMILES string of the molecule is COc1ccc(CN(C)C2CCC(C#N)CC2)cc1Br. The molecule has 1 fully saturated rings. The molecule has 2 rings (SSSR count). The molecule has 0 unspecified atom stereocenters. The Morgan fingerprint density at radius 3 is 2.60 bits per heavy atom. The molecule has 0 N–H and O–H groups in total. The van der Waals surface area contributed by atoms with E-state index in [0.29, 0.717) is 6.04 Å². The molecule has 0 heterocycles. The summed E-state index contributed by atoms with van der Waals surface area (Å²) in [5.41, 5.74) is 1.28. The summed E-state index contributed by atoms with van der Waals surface area (Å²) in [5, 5.41) is 8.95. The van der Waals surface area contributed by atoms with Crippen LogP contribution in [-0.2, 0) is 6.54 Å². The van der Waals surface area contributed by atoms with Gasteiger partial charge >= 0.3 is 0 Å². The first-order valence-electron chi connectivity index (χ1n) is 7.06. The second-order valence-corrected chi connectivity index (χ2v) is 6.37. The zero-order chi connectivity index (χ0) is 14.5. The maximum absolute atomic E-state index is 8.95. The van der Waals surface area contributed by atoms with Crippen molar-refractivity contribution in [2.24, 2.45) is 5.92 Å². The molecule has 0 amide bonds. The van der Waals surface area contributed by atoms with E-state index in [9.17, 15) is 0 Å². The first-order chi connectivity index (χ1) is 9.63. The molecule has 108 valence electrons. The number of methoxy groups -OCH3 is 1. The van der Waals surface area contributed by atoms with Crippen LogP contribution in [0.15, 0.2) is 22.7 Å². The molecule has 0 atom stereocenters. The molecule has 0 aromatic heterocycles. The first-order valence-corrected chi connectivity index (χ1v) is 7.85. The van der Waals surface area contributed by atoms with Crippen molar-refractivity contribution < 1.29 is 4.74 Å². The summed E-state index contributed by atoms with van der Waals surface area (Å²) < 4.78 is 6.25. The molecule has 20 heavy (non-hydrogen) atoms. The fraction of sp³-hybridized carbons (Fsp3) is 0.562. The lowest BCUT2D eigenvalue weighted by atomic mass is 9.86. The van der Waals surface area contributed by atoms with E-state index in [0.717, 1.165) is 42.5 Å². The topological polar surface area (TPSA) is 36.3 Å². The molecule has 0 bridgehead atoms. The molecule has 1 saturated carbocycles. The fourth-order valence-corrected chi connectivity index (χ4v) is 3.46. The molecule has 3 nitrogen and oxygen atoms in total. The van der Waals surface area contributed by atoms with Crippen LogP contribution < -0.4 is 4.74 Å². The van der Waals surface area contributed by atoms with E-state index in [2.05, 4.69) is 46.1 Å². The smallest absolute Gasteiger partial charge is 0.133 e. The van der Waals surface area contributed by atoms with Gasteiger partial charge in [-0.1, -0.05) is 6.07 Å². The van der Waals surface area contributed by atoms with Crippen molar-refractivity contribution in [1.82, 2.24) is 4.90 Å². The predicted molar refractivity (Wildman–Crippen MR) is 83.5 cm³/mol. The van der Waals surface area contributed by atoms with Crippen LogP contribution in [0, 0.1) is 17.2 Å². The zero-order valence-corrected chi connectivity index (χ0v) is 13.7. The standard InChI is InChI=1S/C16H21BrN2O/c1-19(14-6-3-12(10-18)4-7-14)11-13-5-8-16(20-2)15(17)9-13/h5,8-9,12,14H,3-4,6-7,11H2,1-2H3. The molecular weight excluding hydrogens is 316 g/mol. The highest BCUT2D eigenvalue weighted by Crippen LogP contribution is 2.29. The van der Waals surface area contributed by atoms with E-state index in [1.165, 1.54) is 5.56 Å². The van der Waals surface area contributed by atoms with Gasteiger partial charge in [0.05, 0.1) is 17.7 Å². The minimum atomic E-state index is 0.273. The average Bonchev–Trinajstić information content (AvgIpc) is 2.47. The summed E-state index contributed by atoms with van der Waals surface area (Å²) >= 11 is 3.53. The third-order valence-corrected chi connectivity index (χ3v) is 4.77. The highest BCUT2D eigenvalue weighted by molar-refractivity contribution is 9.10. The highest BCUT2D eigenvalue weighted by atomic mass is 79.9. The van der Waals surface area contributed by atoms with Crippen molar-refractivity contribution in [2.45, 2.75) is 38.3 Å². The monoisotopic (exact) mass is 336 g/mol. The van der Waals surface area contributed by atoms with Gasteiger partial charge < -0.3 is 4.74 Å². The molecule has 1 aliphatic rings. The van der Waals surface area contributed by atoms with Gasteiger partial charge in [-0.25, -0.2) is 0 Å². The molecule has 1 aromatic carbocycles. The van der Waals surface area contributed by atoms with E-state index in [1.807, 2.05) is 6.07 Å². The van der Waals surface area contributed by atoms with Gasteiger partial charge in [-0.2, -0.15) is 5.26 Å². The van der Waals surface area contributed by atoms with Gasteiger partial charge in [-0.3, -0.25) is 4.90 Å². The number of nitrogens with zero attached hydrogens (tertiary/aromatic N) is 2. The third kappa shape index (κ3) is 3.74. The number of halogens is 1. The van der Waals surface area contributed by atoms with Crippen molar-refractivity contribution in [1.29, 1.82) is 5.26 Å². The Labute approximate surface area is 129 Å². The van der Waals surface area contributed by atoms with Gasteiger partial charge in [0.15, 0.2) is 0 Å². The fourth-order valence-electron chi connectivity index (χ4n) is 2.87. The Balaban J connectivity index is 1.93. The van der Waals surface area contributed by atoms with E-state index in [-0.39, 0.29) is 5.92 Å². The Hall–Kier alpha value is -1.05. The molecule has 1 aliphatic carbocycles. The lowest BCUT2D eigenvalue weighted by molar-refractivity contribution is 0.171.